The van der Waals surface area contributed by atoms with Crippen molar-refractivity contribution in [2.45, 2.75) is 31.6 Å². The minimum atomic E-state index is -4.31. The summed E-state index contributed by atoms with van der Waals surface area (Å²) in [6.45, 7) is 3.60. The van der Waals surface area contributed by atoms with E-state index in [1.807, 2.05) is 17.0 Å². The molecule has 30 heavy (non-hydrogen) atoms. The highest BCUT2D eigenvalue weighted by Gasteiger charge is 2.32. The van der Waals surface area contributed by atoms with Gasteiger partial charge in [0.2, 0.25) is 0 Å². The van der Waals surface area contributed by atoms with Crippen LogP contribution in [0.4, 0.5) is 18.9 Å². The Labute approximate surface area is 187 Å². The minimum Gasteiger partial charge on any atom is -0.370 e. The van der Waals surface area contributed by atoms with Crippen molar-refractivity contribution in [2.24, 2.45) is 0 Å². The first-order chi connectivity index (χ1) is 13.4. The summed E-state index contributed by atoms with van der Waals surface area (Å²) in [5, 5.41) is 6.12. The molecular formula is C23H25Cl2F3N2. The van der Waals surface area contributed by atoms with Gasteiger partial charge in [0.1, 0.15) is 0 Å². The predicted octanol–water partition coefficient (Wildman–Crippen LogP) is 6.63. The number of halogens is 5. The van der Waals surface area contributed by atoms with Crippen LogP contribution in [0, 0.1) is 0 Å². The van der Waals surface area contributed by atoms with Gasteiger partial charge in [0.05, 0.1) is 5.56 Å². The van der Waals surface area contributed by atoms with E-state index in [9.17, 15) is 13.2 Å². The molecule has 0 radical (unpaired) electrons. The average molecular weight is 457 g/mol. The summed E-state index contributed by atoms with van der Waals surface area (Å²) >= 11 is 0. The molecule has 1 aliphatic heterocycles. The summed E-state index contributed by atoms with van der Waals surface area (Å²) in [6, 6.07) is 20.6. The highest BCUT2D eigenvalue weighted by Crippen LogP contribution is 2.33. The smallest absolute Gasteiger partial charge is 0.370 e. The van der Waals surface area contributed by atoms with E-state index >= 15 is 0 Å². The molecule has 0 aromatic heterocycles. The number of hydrogen-bond acceptors (Lipinski definition) is 2. The molecule has 0 aliphatic carbocycles. The third kappa shape index (κ3) is 5.20. The summed E-state index contributed by atoms with van der Waals surface area (Å²) in [4.78, 5) is 2.03. The molecule has 1 saturated heterocycles. The monoisotopic (exact) mass is 456 g/mol. The van der Waals surface area contributed by atoms with Crippen LogP contribution in [0.3, 0.4) is 0 Å². The molecule has 1 fully saturated rings. The molecule has 2 nitrogen and oxygen atoms in total. The maximum absolute atomic E-state index is 13.0. The molecule has 0 unspecified atom stereocenters. The molecule has 4 rings (SSSR count). The first kappa shape index (κ1) is 24.3. The van der Waals surface area contributed by atoms with Gasteiger partial charge in [0, 0.05) is 30.9 Å². The second-order valence-electron chi connectivity index (χ2n) is 7.44. The quantitative estimate of drug-likeness (QED) is 0.473. The summed E-state index contributed by atoms with van der Waals surface area (Å²) in [5.41, 5.74) is 1.29. The van der Waals surface area contributed by atoms with E-state index in [-0.39, 0.29) is 36.9 Å². The number of nitrogens with one attached hydrogen (secondary N) is 1. The lowest BCUT2D eigenvalue weighted by Crippen LogP contribution is -2.34. The number of benzene rings is 3. The van der Waals surface area contributed by atoms with Gasteiger partial charge < -0.3 is 10.2 Å². The molecule has 3 aromatic carbocycles. The maximum atomic E-state index is 13.0. The molecule has 7 heteroatoms. The Bertz CT molecular complexity index is 973. The fourth-order valence-corrected chi connectivity index (χ4v) is 4.08. The Kier molecular flexibility index (Phi) is 8.03. The van der Waals surface area contributed by atoms with Crippen LogP contribution in [0.25, 0.3) is 10.8 Å². The minimum absolute atomic E-state index is 0. The van der Waals surface area contributed by atoms with Crippen LogP contribution in [0.2, 0.25) is 0 Å². The molecular weight excluding hydrogens is 432 g/mol. The molecule has 1 aliphatic rings. The zero-order chi connectivity index (χ0) is 19.7. The number of fused-ring (bicyclic) bond motifs is 1. The third-order valence-corrected chi connectivity index (χ3v) is 5.50. The molecule has 0 spiro atoms. The molecule has 2 atom stereocenters. The lowest BCUT2D eigenvalue weighted by Gasteiger charge is -2.23. The van der Waals surface area contributed by atoms with Gasteiger partial charge in [-0.25, -0.2) is 0 Å². The second kappa shape index (κ2) is 9.90. The Morgan fingerprint density at radius 3 is 2.43 bits per heavy atom. The van der Waals surface area contributed by atoms with Gasteiger partial charge >= 0.3 is 6.18 Å². The van der Waals surface area contributed by atoms with Gasteiger partial charge in [-0.1, -0.05) is 48.5 Å². The lowest BCUT2D eigenvalue weighted by atomic mass is 9.99. The normalized spacial score (nSPS) is 17.3. The summed E-state index contributed by atoms with van der Waals surface area (Å²) in [7, 11) is 0. The summed E-state index contributed by atoms with van der Waals surface area (Å²) in [6.07, 6.45) is -3.40. The zero-order valence-corrected chi connectivity index (χ0v) is 18.2. The number of anilines is 1. The van der Waals surface area contributed by atoms with E-state index < -0.39 is 11.7 Å². The van der Waals surface area contributed by atoms with Gasteiger partial charge in [-0.05, 0) is 47.9 Å². The van der Waals surface area contributed by atoms with Gasteiger partial charge in [0.15, 0.2) is 0 Å². The van der Waals surface area contributed by atoms with Crippen molar-refractivity contribution in [2.75, 3.05) is 18.0 Å². The molecule has 3 aromatic rings. The van der Waals surface area contributed by atoms with Crippen LogP contribution in [0.15, 0.2) is 66.7 Å². The average Bonchev–Trinajstić information content (AvgIpc) is 3.15. The van der Waals surface area contributed by atoms with Crippen LogP contribution in [-0.2, 0) is 6.18 Å². The van der Waals surface area contributed by atoms with Crippen LogP contribution in [0.1, 0.15) is 30.5 Å². The molecule has 162 valence electrons. The van der Waals surface area contributed by atoms with Gasteiger partial charge in [0.25, 0.3) is 0 Å². The number of nitrogens with zero attached hydrogens (tertiary/aromatic N) is 1. The second-order valence-corrected chi connectivity index (χ2v) is 7.44. The van der Waals surface area contributed by atoms with Crippen molar-refractivity contribution in [3.63, 3.8) is 0 Å². The SMILES string of the molecule is C[C@@H](N[C@@H]1CCN(c2cccc(C(F)(F)F)c2)C1)c1cccc2ccccc12.Cl.Cl. The Balaban J connectivity index is 0.00000160. The van der Waals surface area contributed by atoms with Crippen molar-refractivity contribution in [1.29, 1.82) is 0 Å². The highest BCUT2D eigenvalue weighted by molar-refractivity contribution is 5.86. The van der Waals surface area contributed by atoms with Crippen molar-refractivity contribution < 1.29 is 13.2 Å². The highest BCUT2D eigenvalue weighted by atomic mass is 35.5. The lowest BCUT2D eigenvalue weighted by molar-refractivity contribution is -0.137. The van der Waals surface area contributed by atoms with E-state index in [0.29, 0.717) is 12.2 Å². The van der Waals surface area contributed by atoms with Gasteiger partial charge in [-0.3, -0.25) is 0 Å². The standard InChI is InChI=1S/C23H23F3N2.2ClH/c1-16(21-11-4-7-17-6-2-3-10-22(17)21)27-19-12-13-28(15-19)20-9-5-8-18(14-20)23(24,25)26;;/h2-11,14,16,19,27H,12-13,15H2,1H3;2*1H/t16-,19-;;/m1../s1. The molecule has 0 bridgehead atoms. The van der Waals surface area contributed by atoms with Crippen LogP contribution >= 0.6 is 24.8 Å². The van der Waals surface area contributed by atoms with Gasteiger partial charge in [-0.15, -0.1) is 24.8 Å². The van der Waals surface area contributed by atoms with Crippen LogP contribution in [0.5, 0.6) is 0 Å². The van der Waals surface area contributed by atoms with Crippen molar-refractivity contribution in [1.82, 2.24) is 5.32 Å². The molecule has 0 saturated carbocycles. The summed E-state index contributed by atoms with van der Waals surface area (Å²) in [5.74, 6) is 0. The Morgan fingerprint density at radius 1 is 0.967 bits per heavy atom. The van der Waals surface area contributed by atoms with Crippen molar-refractivity contribution in [3.8, 4) is 0 Å². The van der Waals surface area contributed by atoms with Gasteiger partial charge in [-0.2, -0.15) is 13.2 Å². The number of rotatable bonds is 4. The van der Waals surface area contributed by atoms with E-state index in [0.717, 1.165) is 19.0 Å². The van der Waals surface area contributed by atoms with Crippen LogP contribution < -0.4 is 10.2 Å². The predicted molar refractivity (Wildman–Crippen MR) is 122 cm³/mol. The van der Waals surface area contributed by atoms with Crippen molar-refractivity contribution in [3.05, 3.63) is 77.9 Å². The van der Waals surface area contributed by atoms with Crippen molar-refractivity contribution >= 4 is 41.3 Å². The number of alkyl halides is 3. The zero-order valence-electron chi connectivity index (χ0n) is 16.5. The fraction of sp³-hybridized carbons (Fsp3) is 0.304. The Hall–Kier alpha value is -1.95. The first-order valence-corrected chi connectivity index (χ1v) is 9.58. The number of hydrogen-bond donors (Lipinski definition) is 1. The van der Waals surface area contributed by atoms with E-state index in [4.69, 9.17) is 0 Å². The Morgan fingerprint density at radius 2 is 1.67 bits per heavy atom. The first-order valence-electron chi connectivity index (χ1n) is 9.58. The fourth-order valence-electron chi connectivity index (χ4n) is 4.08. The van der Waals surface area contributed by atoms with Crippen LogP contribution in [-0.4, -0.2) is 19.1 Å². The largest absolute Gasteiger partial charge is 0.416 e. The van der Waals surface area contributed by atoms with E-state index in [2.05, 4.69) is 42.6 Å². The summed E-state index contributed by atoms with van der Waals surface area (Å²) < 4.78 is 39.0. The van der Waals surface area contributed by atoms with E-state index in [1.54, 1.807) is 6.07 Å². The third-order valence-electron chi connectivity index (χ3n) is 5.50. The molecule has 1 heterocycles. The van der Waals surface area contributed by atoms with E-state index in [1.165, 1.54) is 28.5 Å². The molecule has 1 N–H and O–H groups in total. The topological polar surface area (TPSA) is 15.3 Å². The molecule has 0 amide bonds. The maximum Gasteiger partial charge on any atom is 0.416 e.